The molecule has 1 aromatic rings. The highest BCUT2D eigenvalue weighted by Gasteiger charge is 2.14. The van der Waals surface area contributed by atoms with Crippen LogP contribution in [0.1, 0.15) is 13.8 Å². The van der Waals surface area contributed by atoms with E-state index in [2.05, 4.69) is 5.32 Å². The fourth-order valence-electron chi connectivity index (χ4n) is 1.15. The maximum absolute atomic E-state index is 11.6. The van der Waals surface area contributed by atoms with Gasteiger partial charge in [0.15, 0.2) is 0 Å². The van der Waals surface area contributed by atoms with Crippen molar-refractivity contribution < 1.29 is 9.53 Å². The van der Waals surface area contributed by atoms with Gasteiger partial charge in [0.05, 0.1) is 12.1 Å². The molecule has 0 atom stereocenters. The van der Waals surface area contributed by atoms with Gasteiger partial charge in [0.2, 0.25) is 5.91 Å². The van der Waals surface area contributed by atoms with Crippen LogP contribution in [0.2, 0.25) is 5.02 Å². The van der Waals surface area contributed by atoms with Crippen molar-refractivity contribution in [3.8, 4) is 5.75 Å². The zero-order chi connectivity index (χ0) is 12.3. The van der Waals surface area contributed by atoms with Crippen LogP contribution in [-0.2, 0) is 4.79 Å². The predicted molar refractivity (Wildman–Crippen MR) is 65.9 cm³/mol. The van der Waals surface area contributed by atoms with E-state index < -0.39 is 0 Å². The minimum Gasteiger partial charge on any atom is -0.494 e. The van der Waals surface area contributed by atoms with Crippen LogP contribution in [0, 0.1) is 5.92 Å². The summed E-state index contributed by atoms with van der Waals surface area (Å²) < 4.78 is 5.11. The topological polar surface area (TPSA) is 64.3 Å². The Balaban J connectivity index is 3.07. The van der Waals surface area contributed by atoms with Crippen molar-refractivity contribution in [2.75, 3.05) is 18.2 Å². The summed E-state index contributed by atoms with van der Waals surface area (Å²) in [7, 11) is 1.50. The highest BCUT2D eigenvalue weighted by molar-refractivity contribution is 6.34. The van der Waals surface area contributed by atoms with Gasteiger partial charge in [-0.15, -0.1) is 0 Å². The lowest BCUT2D eigenvalue weighted by atomic mass is 10.2. The molecule has 0 spiro atoms. The molecule has 88 valence electrons. The molecule has 0 fully saturated rings. The average molecular weight is 243 g/mol. The molecule has 0 radical (unpaired) electrons. The largest absolute Gasteiger partial charge is 0.494 e. The predicted octanol–water partition coefficient (Wildman–Crippen LogP) is 2.53. The summed E-state index contributed by atoms with van der Waals surface area (Å²) in [6.07, 6.45) is 0. The Hall–Kier alpha value is -1.42. The minimum absolute atomic E-state index is 0.120. The number of carbonyl (C=O) groups is 1. The molecule has 0 aliphatic carbocycles. The number of rotatable bonds is 3. The van der Waals surface area contributed by atoms with Gasteiger partial charge < -0.3 is 15.8 Å². The van der Waals surface area contributed by atoms with Crippen LogP contribution >= 0.6 is 11.6 Å². The quantitative estimate of drug-likeness (QED) is 0.801. The summed E-state index contributed by atoms with van der Waals surface area (Å²) in [5.41, 5.74) is 6.56. The van der Waals surface area contributed by atoms with E-state index in [1.807, 2.05) is 0 Å². The SMILES string of the molecule is COc1cc(N)cc(Cl)c1NC(=O)C(C)C. The number of halogens is 1. The lowest BCUT2D eigenvalue weighted by Gasteiger charge is -2.14. The average Bonchev–Trinajstić information content (AvgIpc) is 2.21. The molecule has 0 aliphatic heterocycles. The van der Waals surface area contributed by atoms with Gasteiger partial charge in [-0.1, -0.05) is 25.4 Å². The van der Waals surface area contributed by atoms with Crippen LogP contribution < -0.4 is 15.8 Å². The van der Waals surface area contributed by atoms with Crippen LogP contribution in [-0.4, -0.2) is 13.0 Å². The van der Waals surface area contributed by atoms with Crippen molar-refractivity contribution in [2.45, 2.75) is 13.8 Å². The Morgan fingerprint density at radius 2 is 2.12 bits per heavy atom. The van der Waals surface area contributed by atoms with Crippen LogP contribution in [0.15, 0.2) is 12.1 Å². The Kier molecular flexibility index (Phi) is 4.01. The normalized spacial score (nSPS) is 10.3. The number of amides is 1. The number of nitrogens with two attached hydrogens (primary N) is 1. The number of nitrogen functional groups attached to an aromatic ring is 1. The molecule has 0 aromatic heterocycles. The summed E-state index contributed by atoms with van der Waals surface area (Å²) in [5.74, 6) is 0.210. The summed E-state index contributed by atoms with van der Waals surface area (Å²) >= 11 is 5.99. The van der Waals surface area contributed by atoms with Gasteiger partial charge in [-0.05, 0) is 6.07 Å². The third kappa shape index (κ3) is 2.79. The number of carbonyl (C=O) groups excluding carboxylic acids is 1. The number of nitrogens with one attached hydrogen (secondary N) is 1. The van der Waals surface area contributed by atoms with Gasteiger partial charge in [-0.25, -0.2) is 0 Å². The van der Waals surface area contributed by atoms with E-state index in [0.717, 1.165) is 0 Å². The molecule has 0 saturated heterocycles. The van der Waals surface area contributed by atoms with E-state index >= 15 is 0 Å². The summed E-state index contributed by atoms with van der Waals surface area (Å²) in [4.78, 5) is 11.6. The molecule has 0 heterocycles. The van der Waals surface area contributed by atoms with Crippen molar-refractivity contribution in [1.82, 2.24) is 0 Å². The van der Waals surface area contributed by atoms with E-state index in [9.17, 15) is 4.79 Å². The molecule has 0 unspecified atom stereocenters. The second-order valence-electron chi connectivity index (χ2n) is 3.72. The first-order chi connectivity index (χ1) is 7.45. The molecule has 4 nitrogen and oxygen atoms in total. The van der Waals surface area contributed by atoms with E-state index in [1.54, 1.807) is 26.0 Å². The number of hydrogen-bond acceptors (Lipinski definition) is 3. The highest BCUT2D eigenvalue weighted by atomic mass is 35.5. The number of benzene rings is 1. The monoisotopic (exact) mass is 242 g/mol. The standard InChI is InChI=1S/C11H15ClN2O2/c1-6(2)11(15)14-10-8(12)4-7(13)5-9(10)16-3/h4-6H,13H2,1-3H3,(H,14,15). The zero-order valence-corrected chi connectivity index (χ0v) is 10.3. The molecule has 1 rings (SSSR count). The van der Waals surface area contributed by atoms with Crippen molar-refractivity contribution in [3.05, 3.63) is 17.2 Å². The van der Waals surface area contributed by atoms with Crippen molar-refractivity contribution in [2.24, 2.45) is 5.92 Å². The Labute approximate surface area is 99.7 Å². The number of anilines is 2. The van der Waals surface area contributed by atoms with E-state index in [1.165, 1.54) is 7.11 Å². The van der Waals surface area contributed by atoms with Crippen LogP contribution in [0.3, 0.4) is 0 Å². The molecule has 5 heteroatoms. The first-order valence-electron chi connectivity index (χ1n) is 4.89. The summed E-state index contributed by atoms with van der Waals surface area (Å²) in [6, 6.07) is 3.18. The van der Waals surface area contributed by atoms with E-state index in [4.69, 9.17) is 22.1 Å². The molecule has 3 N–H and O–H groups in total. The Bertz CT molecular complexity index is 405. The van der Waals surface area contributed by atoms with Crippen LogP contribution in [0.25, 0.3) is 0 Å². The van der Waals surface area contributed by atoms with E-state index in [0.29, 0.717) is 22.1 Å². The minimum atomic E-state index is -0.127. The van der Waals surface area contributed by atoms with Crippen molar-refractivity contribution >= 4 is 28.9 Å². The van der Waals surface area contributed by atoms with Gasteiger partial charge in [0.1, 0.15) is 11.4 Å². The molecular weight excluding hydrogens is 228 g/mol. The lowest BCUT2D eigenvalue weighted by molar-refractivity contribution is -0.118. The third-order valence-electron chi connectivity index (χ3n) is 2.07. The second kappa shape index (κ2) is 5.07. The number of methoxy groups -OCH3 is 1. The lowest BCUT2D eigenvalue weighted by Crippen LogP contribution is -2.18. The first-order valence-corrected chi connectivity index (χ1v) is 5.27. The van der Waals surface area contributed by atoms with Gasteiger partial charge in [0.25, 0.3) is 0 Å². The molecule has 1 amide bonds. The fraction of sp³-hybridized carbons (Fsp3) is 0.364. The summed E-state index contributed by atoms with van der Waals surface area (Å²) in [5, 5.41) is 3.07. The van der Waals surface area contributed by atoms with E-state index in [-0.39, 0.29) is 11.8 Å². The third-order valence-corrected chi connectivity index (χ3v) is 2.37. The van der Waals surface area contributed by atoms with Crippen LogP contribution in [0.4, 0.5) is 11.4 Å². The molecule has 0 aliphatic rings. The van der Waals surface area contributed by atoms with Gasteiger partial charge in [0, 0.05) is 17.7 Å². The Morgan fingerprint density at radius 3 is 2.62 bits per heavy atom. The fourth-order valence-corrected chi connectivity index (χ4v) is 1.42. The molecule has 0 saturated carbocycles. The molecule has 1 aromatic carbocycles. The number of ether oxygens (including phenoxy) is 1. The van der Waals surface area contributed by atoms with Gasteiger partial charge in [-0.3, -0.25) is 4.79 Å². The maximum atomic E-state index is 11.6. The number of hydrogen-bond donors (Lipinski definition) is 2. The molecule has 0 bridgehead atoms. The summed E-state index contributed by atoms with van der Waals surface area (Å²) in [6.45, 7) is 3.60. The molecule has 16 heavy (non-hydrogen) atoms. The highest BCUT2D eigenvalue weighted by Crippen LogP contribution is 2.35. The Morgan fingerprint density at radius 1 is 1.50 bits per heavy atom. The zero-order valence-electron chi connectivity index (χ0n) is 9.50. The van der Waals surface area contributed by atoms with Gasteiger partial charge in [-0.2, -0.15) is 0 Å². The maximum Gasteiger partial charge on any atom is 0.227 e. The first kappa shape index (κ1) is 12.6. The smallest absolute Gasteiger partial charge is 0.227 e. The second-order valence-corrected chi connectivity index (χ2v) is 4.13. The van der Waals surface area contributed by atoms with Gasteiger partial charge >= 0.3 is 0 Å². The van der Waals surface area contributed by atoms with Crippen LogP contribution in [0.5, 0.6) is 5.75 Å². The molecular formula is C11H15ClN2O2. The van der Waals surface area contributed by atoms with Crippen molar-refractivity contribution in [3.63, 3.8) is 0 Å². The van der Waals surface area contributed by atoms with Crippen molar-refractivity contribution in [1.29, 1.82) is 0 Å².